The number of hydrogen-bond donors (Lipinski definition) is 2. The van der Waals surface area contributed by atoms with Crippen molar-refractivity contribution in [2.75, 3.05) is 6.61 Å². The Labute approximate surface area is 151 Å². The third-order valence-electron chi connectivity index (χ3n) is 5.56. The average molecular weight is 353 g/mol. The molecule has 1 saturated heterocycles. The molecule has 136 valence electrons. The van der Waals surface area contributed by atoms with Crippen LogP contribution in [-0.2, 0) is 4.74 Å². The normalized spacial score (nSPS) is 21.6. The number of aryl methyl sites for hydroxylation is 2. The third-order valence-corrected chi connectivity index (χ3v) is 5.56. The second-order valence-corrected chi connectivity index (χ2v) is 7.55. The molecule has 1 saturated carbocycles. The third kappa shape index (κ3) is 2.56. The molecule has 2 aromatic heterocycles. The van der Waals surface area contributed by atoms with E-state index in [1.807, 2.05) is 19.9 Å². The Bertz CT molecular complexity index is 945. The summed E-state index contributed by atoms with van der Waals surface area (Å²) in [4.78, 5) is 8.29. The number of imidazole rings is 1. The van der Waals surface area contributed by atoms with Crippen LogP contribution in [0, 0.1) is 13.8 Å². The van der Waals surface area contributed by atoms with Crippen molar-refractivity contribution in [2.45, 2.75) is 57.7 Å². The zero-order valence-corrected chi connectivity index (χ0v) is 15.1. The summed E-state index contributed by atoms with van der Waals surface area (Å²) in [7, 11) is 0. The van der Waals surface area contributed by atoms with Crippen LogP contribution in [0.4, 0.5) is 0 Å². The highest BCUT2D eigenvalue weighted by atomic mass is 16.5. The molecule has 3 heterocycles. The van der Waals surface area contributed by atoms with Gasteiger partial charge in [0.05, 0.1) is 22.8 Å². The number of aromatic amines is 1. The highest BCUT2D eigenvalue weighted by Gasteiger charge is 2.31. The van der Waals surface area contributed by atoms with E-state index < -0.39 is 6.10 Å². The van der Waals surface area contributed by atoms with E-state index in [1.54, 1.807) is 0 Å². The van der Waals surface area contributed by atoms with Crippen LogP contribution in [0.15, 0.2) is 16.7 Å². The molecule has 1 aromatic carbocycles. The van der Waals surface area contributed by atoms with E-state index in [0.717, 1.165) is 57.8 Å². The van der Waals surface area contributed by atoms with Gasteiger partial charge >= 0.3 is 0 Å². The predicted octanol–water partition coefficient (Wildman–Crippen LogP) is 3.92. The van der Waals surface area contributed by atoms with Crippen LogP contribution >= 0.6 is 0 Å². The van der Waals surface area contributed by atoms with Gasteiger partial charge in [-0.05, 0) is 57.2 Å². The molecule has 0 spiro atoms. The van der Waals surface area contributed by atoms with Crippen molar-refractivity contribution in [3.8, 4) is 11.1 Å². The molecular formula is C20H23N3O3. The first-order valence-electron chi connectivity index (χ1n) is 9.38. The molecule has 0 unspecified atom stereocenters. The molecule has 2 aliphatic rings. The fraction of sp³-hybridized carbons (Fsp3) is 0.500. The molecule has 2 N–H and O–H groups in total. The van der Waals surface area contributed by atoms with Crippen LogP contribution in [0.25, 0.3) is 22.2 Å². The molecule has 1 aliphatic carbocycles. The number of aliphatic hydroxyl groups excluding tert-OH is 1. The Morgan fingerprint density at radius 2 is 2.08 bits per heavy atom. The Kier molecular flexibility index (Phi) is 3.65. The van der Waals surface area contributed by atoms with Crippen LogP contribution < -0.4 is 0 Å². The standard InChI is InChI=1S/C20H23N3O3/c1-10-17(11(2)26-23-10)13-8-14(19(24)16-4-3-7-25-16)18-15(9-13)21-20(22-18)12-5-6-12/h8-9,12,16,19,24H,3-7H2,1-2H3,(H,21,22)/t16-,19-/m1/s1. The summed E-state index contributed by atoms with van der Waals surface area (Å²) in [6.45, 7) is 4.56. The first-order chi connectivity index (χ1) is 12.6. The number of rotatable bonds is 4. The highest BCUT2D eigenvalue weighted by Crippen LogP contribution is 2.41. The molecule has 6 heteroatoms. The lowest BCUT2D eigenvalue weighted by molar-refractivity contribution is -0.00192. The van der Waals surface area contributed by atoms with Crippen molar-refractivity contribution in [3.05, 3.63) is 35.0 Å². The van der Waals surface area contributed by atoms with E-state index in [4.69, 9.17) is 14.2 Å². The van der Waals surface area contributed by atoms with Gasteiger partial charge in [-0.2, -0.15) is 0 Å². The number of nitrogens with zero attached hydrogens (tertiary/aromatic N) is 2. The van der Waals surface area contributed by atoms with Crippen LogP contribution in [0.3, 0.4) is 0 Å². The number of hydrogen-bond acceptors (Lipinski definition) is 5. The average Bonchev–Trinajstić information content (AvgIpc) is 3.04. The van der Waals surface area contributed by atoms with Gasteiger partial charge in [0.1, 0.15) is 17.7 Å². The van der Waals surface area contributed by atoms with Crippen LogP contribution in [-0.4, -0.2) is 32.9 Å². The molecule has 26 heavy (non-hydrogen) atoms. The number of aliphatic hydroxyl groups is 1. The lowest BCUT2D eigenvalue weighted by atomic mass is 9.95. The van der Waals surface area contributed by atoms with E-state index in [2.05, 4.69) is 16.2 Å². The predicted molar refractivity (Wildman–Crippen MR) is 97.0 cm³/mol. The molecule has 6 nitrogen and oxygen atoms in total. The summed E-state index contributed by atoms with van der Waals surface area (Å²) in [6, 6.07) is 4.12. The molecule has 5 rings (SSSR count). The number of ether oxygens (including phenoxy) is 1. The van der Waals surface area contributed by atoms with Gasteiger partial charge < -0.3 is 19.4 Å². The number of fused-ring (bicyclic) bond motifs is 1. The summed E-state index contributed by atoms with van der Waals surface area (Å²) in [5.74, 6) is 2.33. The van der Waals surface area contributed by atoms with Gasteiger partial charge in [0.15, 0.2) is 0 Å². The lowest BCUT2D eigenvalue weighted by Gasteiger charge is -2.19. The number of nitrogens with one attached hydrogen (secondary N) is 1. The second kappa shape index (κ2) is 5.93. The number of benzene rings is 1. The quantitative estimate of drug-likeness (QED) is 0.742. The number of H-pyrrole nitrogens is 1. The van der Waals surface area contributed by atoms with Gasteiger partial charge in [0.2, 0.25) is 0 Å². The minimum absolute atomic E-state index is 0.167. The first-order valence-corrected chi connectivity index (χ1v) is 9.38. The van der Waals surface area contributed by atoms with Crippen molar-refractivity contribution in [1.29, 1.82) is 0 Å². The summed E-state index contributed by atoms with van der Waals surface area (Å²) in [6.07, 6.45) is 3.37. The fourth-order valence-corrected chi connectivity index (χ4v) is 4.03. The molecule has 0 radical (unpaired) electrons. The topological polar surface area (TPSA) is 84.2 Å². The first kappa shape index (κ1) is 16.0. The summed E-state index contributed by atoms with van der Waals surface area (Å²) >= 11 is 0. The maximum atomic E-state index is 11.0. The van der Waals surface area contributed by atoms with Gasteiger partial charge in [-0.1, -0.05) is 5.16 Å². The maximum absolute atomic E-state index is 11.0. The minimum atomic E-state index is -0.684. The van der Waals surface area contributed by atoms with Gasteiger partial charge in [0, 0.05) is 23.7 Å². The largest absolute Gasteiger partial charge is 0.386 e. The van der Waals surface area contributed by atoms with E-state index >= 15 is 0 Å². The zero-order valence-electron chi connectivity index (χ0n) is 15.1. The zero-order chi connectivity index (χ0) is 17.8. The van der Waals surface area contributed by atoms with Crippen molar-refractivity contribution < 1.29 is 14.4 Å². The van der Waals surface area contributed by atoms with Crippen LogP contribution in [0.5, 0.6) is 0 Å². The number of aromatic nitrogens is 3. The molecule has 1 aliphatic heterocycles. The summed E-state index contributed by atoms with van der Waals surface area (Å²) in [5, 5.41) is 15.1. The lowest BCUT2D eigenvalue weighted by Crippen LogP contribution is -2.17. The van der Waals surface area contributed by atoms with Gasteiger partial charge in [-0.25, -0.2) is 4.98 Å². The Hall–Kier alpha value is -2.18. The van der Waals surface area contributed by atoms with Crippen molar-refractivity contribution in [3.63, 3.8) is 0 Å². The summed E-state index contributed by atoms with van der Waals surface area (Å²) in [5.41, 5.74) is 5.46. The molecule has 3 aromatic rings. The Balaban J connectivity index is 1.69. The summed E-state index contributed by atoms with van der Waals surface area (Å²) < 4.78 is 11.1. The maximum Gasteiger partial charge on any atom is 0.141 e. The van der Waals surface area contributed by atoms with E-state index in [9.17, 15) is 5.11 Å². The van der Waals surface area contributed by atoms with Crippen molar-refractivity contribution >= 4 is 11.0 Å². The fourth-order valence-electron chi connectivity index (χ4n) is 4.03. The molecule has 2 fully saturated rings. The van der Waals surface area contributed by atoms with Crippen LogP contribution in [0.1, 0.15) is 60.5 Å². The highest BCUT2D eigenvalue weighted by molar-refractivity contribution is 5.86. The van der Waals surface area contributed by atoms with Gasteiger partial charge in [0.25, 0.3) is 0 Å². The molecule has 0 amide bonds. The van der Waals surface area contributed by atoms with E-state index in [0.29, 0.717) is 12.5 Å². The molecule has 2 atom stereocenters. The smallest absolute Gasteiger partial charge is 0.141 e. The minimum Gasteiger partial charge on any atom is -0.386 e. The van der Waals surface area contributed by atoms with Gasteiger partial charge in [-0.3, -0.25) is 0 Å². The Morgan fingerprint density at radius 3 is 2.73 bits per heavy atom. The van der Waals surface area contributed by atoms with Crippen molar-refractivity contribution in [2.24, 2.45) is 0 Å². The SMILES string of the molecule is Cc1noc(C)c1-c1cc([C@@H](O)[C@H]2CCCO2)c2nc(C3CC3)[nH]c2c1. The Morgan fingerprint density at radius 1 is 1.23 bits per heavy atom. The van der Waals surface area contributed by atoms with E-state index in [-0.39, 0.29) is 6.10 Å². The molecular weight excluding hydrogens is 330 g/mol. The van der Waals surface area contributed by atoms with Crippen LogP contribution in [0.2, 0.25) is 0 Å². The second-order valence-electron chi connectivity index (χ2n) is 7.55. The molecule has 0 bridgehead atoms. The monoisotopic (exact) mass is 353 g/mol. The van der Waals surface area contributed by atoms with Crippen molar-refractivity contribution in [1.82, 2.24) is 15.1 Å². The van der Waals surface area contributed by atoms with E-state index in [1.165, 1.54) is 12.8 Å². The van der Waals surface area contributed by atoms with Gasteiger partial charge in [-0.15, -0.1) is 0 Å².